The smallest absolute Gasteiger partial charge is 0.0533 e. The van der Waals surface area contributed by atoms with Gasteiger partial charge >= 0.3 is 0 Å². The van der Waals surface area contributed by atoms with E-state index in [0.717, 1.165) is 25.6 Å². The third kappa shape index (κ3) is 3.46. The average Bonchev–Trinajstić information content (AvgIpc) is 2.80. The van der Waals surface area contributed by atoms with Crippen LogP contribution < -0.4 is 5.32 Å². The highest BCUT2D eigenvalue weighted by Crippen LogP contribution is 2.43. The van der Waals surface area contributed by atoms with Crippen molar-refractivity contribution < 1.29 is 4.74 Å². The second-order valence-corrected chi connectivity index (χ2v) is 5.31. The van der Waals surface area contributed by atoms with Crippen LogP contribution in [0.15, 0.2) is 0 Å². The Kier molecular flexibility index (Phi) is 6.37. The van der Waals surface area contributed by atoms with Gasteiger partial charge in [0, 0.05) is 19.1 Å². The molecule has 1 N–H and O–H groups in total. The Bertz CT molecular complexity index is 170. The molecule has 0 bridgehead atoms. The molecule has 96 valence electrons. The molecule has 0 aromatic rings. The Labute approximate surface area is 101 Å². The van der Waals surface area contributed by atoms with Crippen molar-refractivity contribution in [2.24, 2.45) is 11.3 Å². The van der Waals surface area contributed by atoms with Crippen molar-refractivity contribution >= 4 is 0 Å². The Morgan fingerprint density at radius 1 is 1.25 bits per heavy atom. The van der Waals surface area contributed by atoms with Crippen molar-refractivity contribution in [2.45, 2.75) is 52.4 Å². The van der Waals surface area contributed by atoms with E-state index in [-0.39, 0.29) is 0 Å². The molecule has 1 saturated carbocycles. The first-order chi connectivity index (χ1) is 7.79. The lowest BCUT2D eigenvalue weighted by atomic mass is 9.71. The molecule has 0 saturated heterocycles. The minimum atomic E-state index is 0.399. The average molecular weight is 227 g/mol. The summed E-state index contributed by atoms with van der Waals surface area (Å²) in [6.07, 6.45) is 8.24. The Morgan fingerprint density at radius 2 is 1.94 bits per heavy atom. The molecule has 1 fully saturated rings. The van der Waals surface area contributed by atoms with Crippen LogP contribution in [-0.2, 0) is 4.74 Å². The molecular weight excluding hydrogens is 198 g/mol. The third-order valence-electron chi connectivity index (χ3n) is 4.13. The van der Waals surface area contributed by atoms with Gasteiger partial charge in [-0.1, -0.05) is 33.1 Å². The van der Waals surface area contributed by atoms with Crippen molar-refractivity contribution in [3.05, 3.63) is 0 Å². The van der Waals surface area contributed by atoms with Gasteiger partial charge in [-0.25, -0.2) is 0 Å². The molecule has 1 aliphatic carbocycles. The van der Waals surface area contributed by atoms with Gasteiger partial charge in [-0.2, -0.15) is 0 Å². The zero-order valence-corrected chi connectivity index (χ0v) is 11.3. The zero-order chi connectivity index (χ0) is 11.9. The molecule has 0 amide bonds. The normalized spacial score (nSPS) is 21.2. The lowest BCUT2D eigenvalue weighted by molar-refractivity contribution is 0.0248. The van der Waals surface area contributed by atoms with Crippen LogP contribution in [-0.4, -0.2) is 26.8 Å². The summed E-state index contributed by atoms with van der Waals surface area (Å²) in [5.74, 6) is 0.881. The van der Waals surface area contributed by atoms with Crippen LogP contribution >= 0.6 is 0 Å². The van der Waals surface area contributed by atoms with Gasteiger partial charge in [0.25, 0.3) is 0 Å². The van der Waals surface area contributed by atoms with Crippen molar-refractivity contribution in [2.75, 3.05) is 26.8 Å². The fourth-order valence-electron chi connectivity index (χ4n) is 3.38. The largest absolute Gasteiger partial charge is 0.384 e. The van der Waals surface area contributed by atoms with Gasteiger partial charge in [-0.3, -0.25) is 0 Å². The lowest BCUT2D eigenvalue weighted by Crippen LogP contribution is -2.43. The quantitative estimate of drug-likeness (QED) is 0.687. The zero-order valence-electron chi connectivity index (χ0n) is 11.3. The van der Waals surface area contributed by atoms with Crippen LogP contribution in [0.1, 0.15) is 52.4 Å². The highest BCUT2D eigenvalue weighted by molar-refractivity contribution is 4.90. The summed E-state index contributed by atoms with van der Waals surface area (Å²) >= 11 is 0. The molecule has 1 aliphatic rings. The van der Waals surface area contributed by atoms with Gasteiger partial charge in [0.05, 0.1) is 6.61 Å². The van der Waals surface area contributed by atoms with E-state index in [9.17, 15) is 0 Å². The van der Waals surface area contributed by atoms with Gasteiger partial charge in [0.2, 0.25) is 0 Å². The lowest BCUT2D eigenvalue weighted by Gasteiger charge is -2.39. The maximum atomic E-state index is 5.53. The van der Waals surface area contributed by atoms with Crippen LogP contribution in [0.3, 0.4) is 0 Å². The molecule has 0 aromatic carbocycles. The molecule has 0 spiro atoms. The molecule has 0 aromatic heterocycles. The predicted molar refractivity (Wildman–Crippen MR) is 69.7 cm³/mol. The van der Waals surface area contributed by atoms with Gasteiger partial charge < -0.3 is 10.1 Å². The Hall–Kier alpha value is -0.0800. The summed E-state index contributed by atoms with van der Waals surface area (Å²) in [5, 5.41) is 3.56. The van der Waals surface area contributed by atoms with Crippen LogP contribution in [0.5, 0.6) is 0 Å². The molecule has 2 heteroatoms. The van der Waals surface area contributed by atoms with E-state index in [1.165, 1.54) is 38.5 Å². The number of rotatable bonds is 8. The number of nitrogens with one attached hydrogen (secondary N) is 1. The van der Waals surface area contributed by atoms with Gasteiger partial charge in [-0.05, 0) is 31.7 Å². The SMILES string of the molecule is CCCC(CNCC)(COC)C1CCCC1. The first-order valence-electron chi connectivity index (χ1n) is 6.98. The molecule has 1 rings (SSSR count). The highest BCUT2D eigenvalue weighted by Gasteiger charge is 2.38. The van der Waals surface area contributed by atoms with Crippen LogP contribution in [0.25, 0.3) is 0 Å². The van der Waals surface area contributed by atoms with Crippen molar-refractivity contribution in [3.63, 3.8) is 0 Å². The fraction of sp³-hybridized carbons (Fsp3) is 1.00. The number of methoxy groups -OCH3 is 1. The minimum absolute atomic E-state index is 0.399. The molecule has 2 nitrogen and oxygen atoms in total. The minimum Gasteiger partial charge on any atom is -0.384 e. The maximum absolute atomic E-state index is 5.53. The Morgan fingerprint density at radius 3 is 2.44 bits per heavy atom. The molecule has 1 unspecified atom stereocenters. The van der Waals surface area contributed by atoms with Crippen LogP contribution in [0.4, 0.5) is 0 Å². The molecule has 0 heterocycles. The second kappa shape index (κ2) is 7.29. The molecule has 0 aliphatic heterocycles. The summed E-state index contributed by atoms with van der Waals surface area (Å²) in [7, 11) is 1.85. The fourth-order valence-corrected chi connectivity index (χ4v) is 3.38. The summed E-state index contributed by atoms with van der Waals surface area (Å²) in [5.41, 5.74) is 0.399. The van der Waals surface area contributed by atoms with Gasteiger partial charge in [0.1, 0.15) is 0 Å². The van der Waals surface area contributed by atoms with Crippen molar-refractivity contribution in [1.29, 1.82) is 0 Å². The highest BCUT2D eigenvalue weighted by atomic mass is 16.5. The third-order valence-corrected chi connectivity index (χ3v) is 4.13. The van der Waals surface area contributed by atoms with Gasteiger partial charge in [-0.15, -0.1) is 0 Å². The van der Waals surface area contributed by atoms with E-state index in [1.54, 1.807) is 0 Å². The molecular formula is C14H29NO. The first kappa shape index (κ1) is 14.0. The molecule has 16 heavy (non-hydrogen) atoms. The van der Waals surface area contributed by atoms with Crippen LogP contribution in [0, 0.1) is 11.3 Å². The number of hydrogen-bond donors (Lipinski definition) is 1. The van der Waals surface area contributed by atoms with E-state index in [4.69, 9.17) is 4.74 Å². The maximum Gasteiger partial charge on any atom is 0.0533 e. The van der Waals surface area contributed by atoms with E-state index < -0.39 is 0 Å². The predicted octanol–water partition coefficient (Wildman–Crippen LogP) is 3.22. The summed E-state index contributed by atoms with van der Waals surface area (Å²) in [4.78, 5) is 0. The number of hydrogen-bond acceptors (Lipinski definition) is 2. The first-order valence-corrected chi connectivity index (χ1v) is 6.98. The van der Waals surface area contributed by atoms with Crippen molar-refractivity contribution in [3.8, 4) is 0 Å². The summed E-state index contributed by atoms with van der Waals surface area (Å²) < 4.78 is 5.53. The Balaban J connectivity index is 2.67. The van der Waals surface area contributed by atoms with Crippen LogP contribution in [0.2, 0.25) is 0 Å². The summed E-state index contributed by atoms with van der Waals surface area (Å²) in [6.45, 7) is 7.62. The summed E-state index contributed by atoms with van der Waals surface area (Å²) in [6, 6.07) is 0. The van der Waals surface area contributed by atoms with E-state index >= 15 is 0 Å². The number of ether oxygens (including phenoxy) is 1. The standard InChI is InChI=1S/C14H29NO/c1-4-10-14(12-16-3,11-15-5-2)13-8-6-7-9-13/h13,15H,4-12H2,1-3H3. The van der Waals surface area contributed by atoms with Gasteiger partial charge in [0.15, 0.2) is 0 Å². The topological polar surface area (TPSA) is 21.3 Å². The van der Waals surface area contributed by atoms with E-state index in [2.05, 4.69) is 19.2 Å². The van der Waals surface area contributed by atoms with Crippen molar-refractivity contribution in [1.82, 2.24) is 5.32 Å². The van der Waals surface area contributed by atoms with E-state index in [1.807, 2.05) is 7.11 Å². The molecule has 0 radical (unpaired) electrons. The molecule has 1 atom stereocenters. The second-order valence-electron chi connectivity index (χ2n) is 5.31. The van der Waals surface area contributed by atoms with E-state index in [0.29, 0.717) is 5.41 Å². The monoisotopic (exact) mass is 227 g/mol.